The molecule has 0 radical (unpaired) electrons. The highest BCUT2D eigenvalue weighted by Crippen LogP contribution is 2.32. The van der Waals surface area contributed by atoms with Gasteiger partial charge in [0.25, 0.3) is 11.2 Å². The number of methoxy groups -OCH3 is 2. The van der Waals surface area contributed by atoms with Gasteiger partial charge in [-0.25, -0.2) is 15.0 Å². The fraction of sp³-hybridized carbons (Fsp3) is 0.200. The van der Waals surface area contributed by atoms with Gasteiger partial charge in [0, 0.05) is 23.6 Å². The van der Waals surface area contributed by atoms with E-state index in [1.165, 1.54) is 19.2 Å². The van der Waals surface area contributed by atoms with E-state index in [2.05, 4.69) is 25.3 Å². The number of aromatic nitrogens is 4. The van der Waals surface area contributed by atoms with Gasteiger partial charge in [-0.1, -0.05) is 0 Å². The molecule has 0 saturated carbocycles. The molecular weight excluding hydrogens is 404 g/mol. The lowest BCUT2D eigenvalue weighted by Crippen LogP contribution is -2.13. The number of aryl methyl sites for hydroxylation is 2. The quantitative estimate of drug-likeness (QED) is 0.366. The molecule has 158 valence electrons. The second-order valence-electron chi connectivity index (χ2n) is 6.81. The van der Waals surface area contributed by atoms with Crippen LogP contribution in [0.3, 0.4) is 0 Å². The number of aromatic amines is 1. The van der Waals surface area contributed by atoms with Gasteiger partial charge in [-0.2, -0.15) is 0 Å². The van der Waals surface area contributed by atoms with Gasteiger partial charge in [0.05, 0.1) is 35.7 Å². The minimum atomic E-state index is -0.549. The fourth-order valence-corrected chi connectivity index (χ4v) is 3.32. The van der Waals surface area contributed by atoms with Gasteiger partial charge in [0.15, 0.2) is 0 Å². The number of nitrogens with zero attached hydrogens (tertiary/aromatic N) is 4. The van der Waals surface area contributed by atoms with E-state index in [4.69, 9.17) is 9.47 Å². The van der Waals surface area contributed by atoms with Crippen molar-refractivity contribution in [3.63, 3.8) is 0 Å². The van der Waals surface area contributed by atoms with Crippen molar-refractivity contribution in [1.29, 1.82) is 0 Å². The van der Waals surface area contributed by atoms with Crippen LogP contribution in [0, 0.1) is 24.0 Å². The maximum absolute atomic E-state index is 12.5. The summed E-state index contributed by atoms with van der Waals surface area (Å²) < 4.78 is 10.7. The van der Waals surface area contributed by atoms with Gasteiger partial charge in [-0.05, 0) is 25.5 Å². The number of H-pyrrole nitrogens is 1. The number of nitro groups is 1. The highest BCUT2D eigenvalue weighted by molar-refractivity contribution is 5.89. The Morgan fingerprint density at radius 3 is 2.45 bits per heavy atom. The normalized spacial score (nSPS) is 11.0. The third-order valence-corrected chi connectivity index (χ3v) is 4.81. The molecule has 0 amide bonds. The lowest BCUT2D eigenvalue weighted by molar-refractivity contribution is -0.384. The van der Waals surface area contributed by atoms with Crippen LogP contribution < -0.4 is 20.3 Å². The molecule has 2 aromatic heterocycles. The second kappa shape index (κ2) is 7.52. The van der Waals surface area contributed by atoms with E-state index in [9.17, 15) is 14.9 Å². The van der Waals surface area contributed by atoms with Crippen molar-refractivity contribution in [2.75, 3.05) is 19.5 Å². The largest absolute Gasteiger partial charge is 0.497 e. The summed E-state index contributed by atoms with van der Waals surface area (Å²) in [5.41, 5.74) is 1.39. The number of nitro benzene ring substituents is 1. The van der Waals surface area contributed by atoms with Crippen molar-refractivity contribution < 1.29 is 14.4 Å². The molecule has 31 heavy (non-hydrogen) atoms. The third-order valence-electron chi connectivity index (χ3n) is 4.81. The standard InChI is InChI=1S/C20H18N6O5/c1-9-5-11(26(28)29)6-14-16(9)22-20(24-18(14)27)25-19-21-10(2)13-7-12(30-3)8-15(31-4)17(13)23-19/h5-8H,1-4H3,(H2,21,22,23,24,25,27). The summed E-state index contributed by atoms with van der Waals surface area (Å²) in [6, 6.07) is 6.09. The molecule has 0 aliphatic carbocycles. The first kappa shape index (κ1) is 20.0. The monoisotopic (exact) mass is 422 g/mol. The van der Waals surface area contributed by atoms with Crippen molar-refractivity contribution in [2.45, 2.75) is 13.8 Å². The van der Waals surface area contributed by atoms with Crippen molar-refractivity contribution in [2.24, 2.45) is 0 Å². The average Bonchev–Trinajstić information content (AvgIpc) is 2.73. The number of anilines is 2. The number of non-ortho nitro benzene ring substituents is 1. The predicted molar refractivity (Wildman–Crippen MR) is 114 cm³/mol. The molecule has 0 aliphatic rings. The minimum Gasteiger partial charge on any atom is -0.497 e. The van der Waals surface area contributed by atoms with Crippen molar-refractivity contribution in [3.05, 3.63) is 56.0 Å². The van der Waals surface area contributed by atoms with Crippen LogP contribution in [0.1, 0.15) is 11.3 Å². The van der Waals surface area contributed by atoms with E-state index < -0.39 is 10.5 Å². The molecule has 2 N–H and O–H groups in total. The Bertz CT molecular complexity index is 1420. The lowest BCUT2D eigenvalue weighted by atomic mass is 10.1. The van der Waals surface area contributed by atoms with E-state index in [1.807, 2.05) is 13.0 Å². The zero-order valence-corrected chi connectivity index (χ0v) is 17.1. The van der Waals surface area contributed by atoms with Crippen LogP contribution in [0.25, 0.3) is 21.8 Å². The van der Waals surface area contributed by atoms with Gasteiger partial charge in [0.1, 0.15) is 17.0 Å². The third kappa shape index (κ3) is 3.56. The first-order valence-electron chi connectivity index (χ1n) is 9.17. The van der Waals surface area contributed by atoms with Crippen LogP contribution in [0.2, 0.25) is 0 Å². The Labute approximate surface area is 175 Å². The molecular formula is C20H18N6O5. The number of ether oxygens (including phenoxy) is 2. The summed E-state index contributed by atoms with van der Waals surface area (Å²) in [5.74, 6) is 1.43. The van der Waals surface area contributed by atoms with Gasteiger partial charge in [-0.15, -0.1) is 0 Å². The summed E-state index contributed by atoms with van der Waals surface area (Å²) in [4.78, 5) is 38.9. The van der Waals surface area contributed by atoms with Crippen molar-refractivity contribution >= 4 is 39.4 Å². The zero-order valence-electron chi connectivity index (χ0n) is 17.1. The highest BCUT2D eigenvalue weighted by atomic mass is 16.6. The Morgan fingerprint density at radius 1 is 1.00 bits per heavy atom. The number of benzene rings is 2. The number of hydrogen-bond donors (Lipinski definition) is 2. The van der Waals surface area contributed by atoms with E-state index in [-0.39, 0.29) is 23.0 Å². The van der Waals surface area contributed by atoms with E-state index in [0.717, 1.165) is 5.39 Å². The Balaban J connectivity index is 1.82. The van der Waals surface area contributed by atoms with E-state index in [1.54, 1.807) is 20.1 Å². The van der Waals surface area contributed by atoms with Crippen molar-refractivity contribution in [1.82, 2.24) is 19.9 Å². The van der Waals surface area contributed by atoms with Gasteiger partial charge >= 0.3 is 0 Å². The Morgan fingerprint density at radius 2 is 1.77 bits per heavy atom. The highest BCUT2D eigenvalue weighted by Gasteiger charge is 2.16. The van der Waals surface area contributed by atoms with Crippen LogP contribution >= 0.6 is 0 Å². The van der Waals surface area contributed by atoms with Gasteiger partial charge < -0.3 is 9.47 Å². The van der Waals surface area contributed by atoms with Crippen LogP contribution in [-0.2, 0) is 0 Å². The van der Waals surface area contributed by atoms with Crippen molar-refractivity contribution in [3.8, 4) is 11.5 Å². The molecule has 0 unspecified atom stereocenters. The first-order valence-corrected chi connectivity index (χ1v) is 9.17. The molecule has 4 rings (SSSR count). The summed E-state index contributed by atoms with van der Waals surface area (Å²) in [7, 11) is 3.09. The number of rotatable bonds is 5. The molecule has 0 saturated heterocycles. The second-order valence-corrected chi connectivity index (χ2v) is 6.81. The van der Waals surface area contributed by atoms with Crippen LogP contribution in [0.15, 0.2) is 29.1 Å². The number of hydrogen-bond acceptors (Lipinski definition) is 9. The van der Waals surface area contributed by atoms with Crippen LogP contribution in [-0.4, -0.2) is 39.1 Å². The summed E-state index contributed by atoms with van der Waals surface area (Å²) in [6.45, 7) is 3.47. The molecule has 0 spiro atoms. The predicted octanol–water partition coefficient (Wildman–Crippen LogP) is 3.15. The molecule has 0 bridgehead atoms. The SMILES string of the molecule is COc1cc(OC)c2nc(Nc3nc4c(C)cc([N+](=O)[O-])cc4c(=O)[nH]3)nc(C)c2c1. The number of nitrogens with one attached hydrogen (secondary N) is 2. The molecule has 11 heteroatoms. The zero-order chi connectivity index (χ0) is 22.3. The topological polar surface area (TPSA) is 145 Å². The molecule has 2 heterocycles. The van der Waals surface area contributed by atoms with Gasteiger partial charge in [0.2, 0.25) is 11.9 Å². The average molecular weight is 422 g/mol. The molecule has 0 fully saturated rings. The summed E-state index contributed by atoms with van der Waals surface area (Å²) in [6.07, 6.45) is 0. The minimum absolute atomic E-state index is 0.112. The molecule has 4 aromatic rings. The first-order chi connectivity index (χ1) is 14.8. The van der Waals surface area contributed by atoms with Crippen LogP contribution in [0.4, 0.5) is 17.6 Å². The fourth-order valence-electron chi connectivity index (χ4n) is 3.32. The molecule has 0 atom stereocenters. The van der Waals surface area contributed by atoms with E-state index in [0.29, 0.717) is 33.8 Å². The molecule has 11 nitrogen and oxygen atoms in total. The molecule has 0 aliphatic heterocycles. The van der Waals surface area contributed by atoms with Gasteiger partial charge in [-0.3, -0.25) is 25.2 Å². The van der Waals surface area contributed by atoms with Crippen LogP contribution in [0.5, 0.6) is 11.5 Å². The smallest absolute Gasteiger partial charge is 0.270 e. The Hall–Kier alpha value is -4.28. The summed E-state index contributed by atoms with van der Waals surface area (Å²) in [5, 5.41) is 14.9. The number of fused-ring (bicyclic) bond motifs is 2. The van der Waals surface area contributed by atoms with E-state index >= 15 is 0 Å². The lowest BCUT2D eigenvalue weighted by Gasteiger charge is -2.12. The summed E-state index contributed by atoms with van der Waals surface area (Å²) >= 11 is 0. The maximum atomic E-state index is 12.5. The maximum Gasteiger partial charge on any atom is 0.270 e. The molecule has 2 aromatic carbocycles. The Kier molecular flexibility index (Phi) is 4.85.